The van der Waals surface area contributed by atoms with E-state index in [2.05, 4.69) is 0 Å². The lowest BCUT2D eigenvalue weighted by Crippen LogP contribution is -2.14. The minimum absolute atomic E-state index is 0.190. The van der Waals surface area contributed by atoms with Crippen molar-refractivity contribution < 1.29 is 9.13 Å². The zero-order valence-electron chi connectivity index (χ0n) is 10.0. The average molecular weight is 225 g/mol. The second kappa shape index (κ2) is 6.48. The Balaban J connectivity index is 2.24. The van der Waals surface area contributed by atoms with Crippen molar-refractivity contribution in [3.05, 3.63) is 29.6 Å². The van der Waals surface area contributed by atoms with Gasteiger partial charge in [0.05, 0.1) is 6.61 Å². The smallest absolute Gasteiger partial charge is 0.126 e. The highest BCUT2D eigenvalue weighted by Gasteiger charge is 2.00. The Bertz CT molecular complexity index is 326. The monoisotopic (exact) mass is 225 g/mol. The van der Waals surface area contributed by atoms with Crippen molar-refractivity contribution in [2.24, 2.45) is 5.73 Å². The van der Waals surface area contributed by atoms with Crippen LogP contribution in [0.25, 0.3) is 0 Å². The van der Waals surface area contributed by atoms with Gasteiger partial charge in [-0.1, -0.05) is 0 Å². The molecule has 1 rings (SSSR count). The number of nitrogens with two attached hydrogens (primary N) is 1. The Hall–Kier alpha value is -1.09. The standard InChI is InChI=1S/C13H20FNO/c1-10-9-12(6-7-13(10)14)16-8-4-3-5-11(2)15/h6-7,9,11H,3-5,8,15H2,1-2H3. The zero-order chi connectivity index (χ0) is 12.0. The van der Waals surface area contributed by atoms with Gasteiger partial charge in [0.25, 0.3) is 0 Å². The number of hydrogen-bond donors (Lipinski definition) is 1. The fourth-order valence-corrected chi connectivity index (χ4v) is 1.47. The van der Waals surface area contributed by atoms with E-state index in [1.165, 1.54) is 6.07 Å². The van der Waals surface area contributed by atoms with Gasteiger partial charge in [-0.25, -0.2) is 4.39 Å². The van der Waals surface area contributed by atoms with Crippen molar-refractivity contribution in [2.75, 3.05) is 6.61 Å². The van der Waals surface area contributed by atoms with E-state index in [0.29, 0.717) is 12.2 Å². The molecule has 90 valence electrons. The van der Waals surface area contributed by atoms with Crippen molar-refractivity contribution in [2.45, 2.75) is 39.2 Å². The van der Waals surface area contributed by atoms with Crippen molar-refractivity contribution in [3.8, 4) is 5.75 Å². The number of halogens is 1. The molecule has 1 unspecified atom stereocenters. The summed E-state index contributed by atoms with van der Waals surface area (Å²) in [6, 6.07) is 5.08. The number of unbranched alkanes of at least 4 members (excludes halogenated alkanes) is 1. The van der Waals surface area contributed by atoms with E-state index < -0.39 is 0 Å². The molecule has 16 heavy (non-hydrogen) atoms. The Labute approximate surface area is 96.6 Å². The molecule has 2 nitrogen and oxygen atoms in total. The largest absolute Gasteiger partial charge is 0.494 e. The maximum atomic E-state index is 13.0. The molecule has 1 aromatic rings. The first-order chi connectivity index (χ1) is 7.59. The summed E-state index contributed by atoms with van der Waals surface area (Å²) in [5, 5.41) is 0. The molecule has 1 aromatic carbocycles. The number of hydrogen-bond acceptors (Lipinski definition) is 2. The van der Waals surface area contributed by atoms with Gasteiger partial charge < -0.3 is 10.5 Å². The van der Waals surface area contributed by atoms with Crippen LogP contribution in [0.5, 0.6) is 5.75 Å². The molecular formula is C13H20FNO. The minimum Gasteiger partial charge on any atom is -0.494 e. The molecule has 3 heteroatoms. The molecule has 0 saturated carbocycles. The van der Waals surface area contributed by atoms with Crippen molar-refractivity contribution >= 4 is 0 Å². The molecule has 0 spiro atoms. The summed E-state index contributed by atoms with van der Waals surface area (Å²) in [6.07, 6.45) is 3.07. The quantitative estimate of drug-likeness (QED) is 0.755. The van der Waals surface area contributed by atoms with Gasteiger partial charge in [-0.3, -0.25) is 0 Å². The van der Waals surface area contributed by atoms with E-state index in [4.69, 9.17) is 10.5 Å². The van der Waals surface area contributed by atoms with Gasteiger partial charge in [0.2, 0.25) is 0 Å². The normalized spacial score (nSPS) is 12.5. The van der Waals surface area contributed by atoms with E-state index >= 15 is 0 Å². The maximum Gasteiger partial charge on any atom is 0.126 e. The summed E-state index contributed by atoms with van der Waals surface area (Å²) in [4.78, 5) is 0. The number of ether oxygens (including phenoxy) is 1. The lowest BCUT2D eigenvalue weighted by molar-refractivity contribution is 0.303. The van der Waals surface area contributed by atoms with Gasteiger partial charge in [0.15, 0.2) is 0 Å². The second-order valence-electron chi connectivity index (χ2n) is 4.23. The van der Waals surface area contributed by atoms with Crippen LogP contribution in [0.4, 0.5) is 4.39 Å². The van der Waals surface area contributed by atoms with E-state index in [-0.39, 0.29) is 11.9 Å². The topological polar surface area (TPSA) is 35.2 Å². The van der Waals surface area contributed by atoms with Gasteiger partial charge >= 0.3 is 0 Å². The summed E-state index contributed by atoms with van der Waals surface area (Å²) in [5.74, 6) is 0.545. The highest BCUT2D eigenvalue weighted by atomic mass is 19.1. The third-order valence-corrected chi connectivity index (χ3v) is 2.45. The summed E-state index contributed by atoms with van der Waals surface area (Å²) in [5.41, 5.74) is 6.26. The predicted molar refractivity (Wildman–Crippen MR) is 64.1 cm³/mol. The number of aryl methyl sites for hydroxylation is 1. The van der Waals surface area contributed by atoms with Crippen molar-refractivity contribution in [3.63, 3.8) is 0 Å². The number of benzene rings is 1. The first-order valence-corrected chi connectivity index (χ1v) is 5.74. The fourth-order valence-electron chi connectivity index (χ4n) is 1.47. The zero-order valence-corrected chi connectivity index (χ0v) is 10.0. The minimum atomic E-state index is -0.190. The lowest BCUT2D eigenvalue weighted by Gasteiger charge is -2.08. The maximum absolute atomic E-state index is 13.0. The molecule has 0 saturated heterocycles. The highest BCUT2D eigenvalue weighted by molar-refractivity contribution is 5.28. The van der Waals surface area contributed by atoms with Crippen LogP contribution in [-0.4, -0.2) is 12.6 Å². The third-order valence-electron chi connectivity index (χ3n) is 2.45. The molecule has 0 fully saturated rings. The van der Waals surface area contributed by atoms with Crippen LogP contribution < -0.4 is 10.5 Å². The molecule has 0 aromatic heterocycles. The Morgan fingerprint density at radius 1 is 1.38 bits per heavy atom. The summed E-state index contributed by atoms with van der Waals surface area (Å²) < 4.78 is 18.5. The van der Waals surface area contributed by atoms with Crippen LogP contribution in [0.15, 0.2) is 18.2 Å². The van der Waals surface area contributed by atoms with Crippen LogP contribution >= 0.6 is 0 Å². The van der Waals surface area contributed by atoms with E-state index in [1.807, 2.05) is 6.92 Å². The van der Waals surface area contributed by atoms with Gasteiger partial charge in [0, 0.05) is 6.04 Å². The van der Waals surface area contributed by atoms with Crippen LogP contribution in [-0.2, 0) is 0 Å². The summed E-state index contributed by atoms with van der Waals surface area (Å²) in [6.45, 7) is 4.40. The van der Waals surface area contributed by atoms with Crippen molar-refractivity contribution in [1.82, 2.24) is 0 Å². The van der Waals surface area contributed by atoms with Crippen LogP contribution in [0, 0.1) is 12.7 Å². The van der Waals surface area contributed by atoms with Crippen molar-refractivity contribution in [1.29, 1.82) is 0 Å². The molecule has 0 bridgehead atoms. The molecular weight excluding hydrogens is 205 g/mol. The van der Waals surface area contributed by atoms with Crippen LogP contribution in [0.3, 0.4) is 0 Å². The molecule has 1 atom stereocenters. The van der Waals surface area contributed by atoms with E-state index in [1.54, 1.807) is 19.1 Å². The SMILES string of the molecule is Cc1cc(OCCCCC(C)N)ccc1F. The average Bonchev–Trinajstić information content (AvgIpc) is 2.22. The molecule has 0 aliphatic rings. The van der Waals surface area contributed by atoms with Crippen LogP contribution in [0.2, 0.25) is 0 Å². The fraction of sp³-hybridized carbons (Fsp3) is 0.538. The second-order valence-corrected chi connectivity index (χ2v) is 4.23. The van der Waals surface area contributed by atoms with Gasteiger partial charge in [-0.2, -0.15) is 0 Å². The summed E-state index contributed by atoms with van der Waals surface area (Å²) >= 11 is 0. The third kappa shape index (κ3) is 4.62. The summed E-state index contributed by atoms with van der Waals surface area (Å²) in [7, 11) is 0. The highest BCUT2D eigenvalue weighted by Crippen LogP contribution is 2.16. The molecule has 2 N–H and O–H groups in total. The van der Waals surface area contributed by atoms with Gasteiger partial charge in [-0.05, 0) is 56.9 Å². The molecule has 0 aliphatic heterocycles. The first kappa shape index (κ1) is 13.0. The molecule has 0 heterocycles. The predicted octanol–water partition coefficient (Wildman–Crippen LogP) is 3.03. The Morgan fingerprint density at radius 2 is 2.12 bits per heavy atom. The Morgan fingerprint density at radius 3 is 2.75 bits per heavy atom. The van der Waals surface area contributed by atoms with Gasteiger partial charge in [0.1, 0.15) is 11.6 Å². The molecule has 0 radical (unpaired) electrons. The first-order valence-electron chi connectivity index (χ1n) is 5.74. The number of rotatable bonds is 6. The van der Waals surface area contributed by atoms with Crippen LogP contribution in [0.1, 0.15) is 31.7 Å². The molecule has 0 amide bonds. The van der Waals surface area contributed by atoms with E-state index in [0.717, 1.165) is 25.0 Å². The Kier molecular flexibility index (Phi) is 5.26. The van der Waals surface area contributed by atoms with E-state index in [9.17, 15) is 4.39 Å². The molecule has 0 aliphatic carbocycles. The lowest BCUT2D eigenvalue weighted by atomic mass is 10.1. The van der Waals surface area contributed by atoms with Gasteiger partial charge in [-0.15, -0.1) is 0 Å².